The lowest BCUT2D eigenvalue weighted by Crippen LogP contribution is -2.68. The first-order valence-corrected chi connectivity index (χ1v) is 37.4. The fourth-order valence-corrected chi connectivity index (χ4v) is 19.6. The molecule has 8 aliphatic carbocycles. The van der Waals surface area contributed by atoms with Gasteiger partial charge in [-0.2, -0.15) is 0 Å². The molecule has 466 valence electrons. The molecule has 8 fully saturated rings. The predicted molar refractivity (Wildman–Crippen MR) is 340 cm³/mol. The average Bonchev–Trinajstić information content (AvgIpc) is 2.31. The van der Waals surface area contributed by atoms with Gasteiger partial charge >= 0.3 is 0 Å². The van der Waals surface area contributed by atoms with Crippen molar-refractivity contribution in [1.82, 2.24) is 9.80 Å². The lowest BCUT2D eigenvalue weighted by molar-refractivity contribution is -0.212. The largest absolute Gasteiger partial charge is 0.378 e. The molecule has 6 nitrogen and oxygen atoms in total. The van der Waals surface area contributed by atoms with Crippen molar-refractivity contribution in [2.75, 3.05) is 26.4 Å². The van der Waals surface area contributed by atoms with Crippen LogP contribution in [0, 0.1) is 47.3 Å². The standard InChI is InChI=1S/C74H136N2O4/c1-7-11-15-19-23-27-51-77-63-43-39-61(40-44-63)75(59-35-31-57(5)32-36-59)69-55-71(79-53-29-25-21-17-13-9-3)67-50-48-66-70(56-72(80-54-30-26-22-18-14-10-4)68-49-47-65(69)73(67)74(66)68)76(60-37-33-58(6)34-38-60)62-41-45-64(46-42-62)78-52-28-24-20-16-12-8-2/h57-74H,7-56H2,1-6H3. The highest BCUT2D eigenvalue weighted by molar-refractivity contribution is 5.13. The summed E-state index contributed by atoms with van der Waals surface area (Å²) in [6.45, 7) is 18.5. The Labute approximate surface area is 497 Å². The Morgan fingerprint density at radius 2 is 0.537 bits per heavy atom. The van der Waals surface area contributed by atoms with Crippen molar-refractivity contribution in [3.63, 3.8) is 0 Å². The fraction of sp³-hybridized carbons (Fsp3) is 1.00. The summed E-state index contributed by atoms with van der Waals surface area (Å²) >= 11 is 0. The zero-order valence-electron chi connectivity index (χ0n) is 54.3. The number of rotatable bonds is 38. The SMILES string of the molecule is CCCCCCCCOC1CCC(N(C2CCC(C)CC2)C2CC(OCCCCCCCC)C3CCC4C5C(CCC2C35)C(OCCCCCCCC)CC4N(C2CCC(C)CC2)C2CCC(OCCCCCCCC)CC2)CC1. The van der Waals surface area contributed by atoms with Gasteiger partial charge in [0.2, 0.25) is 0 Å². The van der Waals surface area contributed by atoms with Crippen LogP contribution in [0.1, 0.15) is 337 Å². The maximum atomic E-state index is 7.61. The van der Waals surface area contributed by atoms with Crippen molar-refractivity contribution < 1.29 is 18.9 Å². The minimum absolute atomic E-state index is 0.420. The molecule has 0 aromatic rings. The highest BCUT2D eigenvalue weighted by atomic mass is 16.5. The molecule has 10 unspecified atom stereocenters. The van der Waals surface area contributed by atoms with Crippen molar-refractivity contribution >= 4 is 0 Å². The van der Waals surface area contributed by atoms with Gasteiger partial charge in [0.1, 0.15) is 0 Å². The van der Waals surface area contributed by atoms with Crippen molar-refractivity contribution in [3.8, 4) is 0 Å². The fourth-order valence-electron chi connectivity index (χ4n) is 19.6. The maximum absolute atomic E-state index is 7.61. The first-order chi connectivity index (χ1) is 39.4. The summed E-state index contributed by atoms with van der Waals surface area (Å²) in [5.74, 6) is 6.39. The molecule has 80 heavy (non-hydrogen) atoms. The van der Waals surface area contributed by atoms with Crippen molar-refractivity contribution in [1.29, 1.82) is 0 Å². The summed E-state index contributed by atoms with van der Waals surface area (Å²) in [4.78, 5) is 6.74. The first kappa shape index (κ1) is 65.7. The monoisotopic (exact) mass is 1120 g/mol. The summed E-state index contributed by atoms with van der Waals surface area (Å²) < 4.78 is 28.8. The molecule has 0 spiro atoms. The Bertz CT molecular complexity index is 1450. The molecule has 0 aromatic carbocycles. The van der Waals surface area contributed by atoms with E-state index >= 15 is 0 Å². The quantitative estimate of drug-likeness (QED) is 0.0574. The molecule has 0 saturated heterocycles. The molecule has 0 amide bonds. The molecule has 0 heterocycles. The van der Waals surface area contributed by atoms with Gasteiger partial charge in [-0.15, -0.1) is 0 Å². The highest BCUT2D eigenvalue weighted by Gasteiger charge is 2.62. The summed E-state index contributed by atoms with van der Waals surface area (Å²) in [6.07, 6.45) is 64.4. The minimum atomic E-state index is 0.420. The van der Waals surface area contributed by atoms with E-state index in [-0.39, 0.29) is 0 Å². The van der Waals surface area contributed by atoms with Crippen molar-refractivity contribution in [2.45, 2.75) is 398 Å². The van der Waals surface area contributed by atoms with Crippen LogP contribution in [0.2, 0.25) is 0 Å². The van der Waals surface area contributed by atoms with Crippen LogP contribution in [-0.2, 0) is 18.9 Å². The van der Waals surface area contributed by atoms with Crippen LogP contribution in [0.25, 0.3) is 0 Å². The van der Waals surface area contributed by atoms with Crippen LogP contribution in [0.15, 0.2) is 0 Å². The van der Waals surface area contributed by atoms with E-state index in [1.165, 1.54) is 295 Å². The minimum Gasteiger partial charge on any atom is -0.378 e. The van der Waals surface area contributed by atoms with Gasteiger partial charge in [-0.05, 0) is 214 Å². The van der Waals surface area contributed by atoms with E-state index in [4.69, 9.17) is 18.9 Å². The van der Waals surface area contributed by atoms with Crippen LogP contribution in [0.3, 0.4) is 0 Å². The number of hydrogen-bond acceptors (Lipinski definition) is 6. The molecule has 0 aromatic heterocycles. The van der Waals surface area contributed by atoms with Gasteiger partial charge in [-0.1, -0.05) is 170 Å². The highest BCUT2D eigenvalue weighted by Crippen LogP contribution is 2.63. The molecular formula is C74H136N2O4. The second-order valence-electron chi connectivity index (χ2n) is 29.8. The van der Waals surface area contributed by atoms with Gasteiger partial charge < -0.3 is 18.9 Å². The normalized spacial score (nSPS) is 36.6. The van der Waals surface area contributed by atoms with Crippen molar-refractivity contribution in [2.24, 2.45) is 47.3 Å². The molecule has 0 aliphatic heterocycles. The molecule has 0 bridgehead atoms. The lowest BCUT2D eigenvalue weighted by atomic mass is 9.45. The number of nitrogens with zero attached hydrogens (tertiary/aromatic N) is 2. The molecular weight excluding hydrogens is 981 g/mol. The van der Waals surface area contributed by atoms with Crippen LogP contribution < -0.4 is 0 Å². The van der Waals surface area contributed by atoms with Crippen molar-refractivity contribution in [3.05, 3.63) is 0 Å². The van der Waals surface area contributed by atoms with E-state index in [1.54, 1.807) is 0 Å². The summed E-state index contributed by atoms with van der Waals surface area (Å²) in [6, 6.07) is 4.25. The van der Waals surface area contributed by atoms with Crippen LogP contribution in [-0.4, -0.2) is 96.9 Å². The van der Waals surface area contributed by atoms with Gasteiger partial charge in [0.05, 0.1) is 24.4 Å². The van der Waals surface area contributed by atoms with E-state index in [2.05, 4.69) is 51.3 Å². The molecule has 0 N–H and O–H groups in total. The van der Waals surface area contributed by atoms with E-state index < -0.39 is 0 Å². The number of ether oxygens (including phenoxy) is 4. The summed E-state index contributed by atoms with van der Waals surface area (Å²) in [7, 11) is 0. The maximum Gasteiger partial charge on any atom is 0.0621 e. The molecule has 8 rings (SSSR count). The van der Waals surface area contributed by atoms with Gasteiger partial charge in [-0.3, -0.25) is 9.80 Å². The molecule has 8 aliphatic rings. The third-order valence-electron chi connectivity index (χ3n) is 24.1. The van der Waals surface area contributed by atoms with E-state index in [0.717, 1.165) is 85.9 Å². The predicted octanol–water partition coefficient (Wildman–Crippen LogP) is 20.4. The second kappa shape index (κ2) is 36.8. The van der Waals surface area contributed by atoms with Crippen LogP contribution >= 0.6 is 0 Å². The average molecular weight is 1120 g/mol. The number of hydrogen-bond donors (Lipinski definition) is 0. The van der Waals surface area contributed by atoms with E-state index in [0.29, 0.717) is 48.6 Å². The summed E-state index contributed by atoms with van der Waals surface area (Å²) in [5, 5.41) is 0. The molecule has 10 atom stereocenters. The Morgan fingerprint density at radius 1 is 0.275 bits per heavy atom. The van der Waals surface area contributed by atoms with Gasteiger partial charge in [0.25, 0.3) is 0 Å². The first-order valence-electron chi connectivity index (χ1n) is 37.4. The lowest BCUT2D eigenvalue weighted by Gasteiger charge is -2.66. The number of unbranched alkanes of at least 4 members (excludes halogenated alkanes) is 20. The second-order valence-corrected chi connectivity index (χ2v) is 29.8. The van der Waals surface area contributed by atoms with Crippen LogP contribution in [0.4, 0.5) is 0 Å². The zero-order chi connectivity index (χ0) is 55.7. The molecule has 6 heteroatoms. The molecule has 0 radical (unpaired) electrons. The Kier molecular flexibility index (Phi) is 30.2. The third kappa shape index (κ3) is 19.4. The Morgan fingerprint density at radius 3 is 0.850 bits per heavy atom. The smallest absolute Gasteiger partial charge is 0.0621 e. The van der Waals surface area contributed by atoms with Gasteiger partial charge in [0.15, 0.2) is 0 Å². The topological polar surface area (TPSA) is 43.4 Å². The van der Waals surface area contributed by atoms with Gasteiger partial charge in [0, 0.05) is 62.7 Å². The van der Waals surface area contributed by atoms with Crippen LogP contribution in [0.5, 0.6) is 0 Å². The summed E-state index contributed by atoms with van der Waals surface area (Å²) in [5.41, 5.74) is 0. The molecule has 8 saturated carbocycles. The van der Waals surface area contributed by atoms with Gasteiger partial charge in [-0.25, -0.2) is 0 Å². The Hall–Kier alpha value is -0.240. The van der Waals surface area contributed by atoms with E-state index in [9.17, 15) is 0 Å². The Balaban J connectivity index is 1.06. The third-order valence-corrected chi connectivity index (χ3v) is 24.1. The van der Waals surface area contributed by atoms with E-state index in [1.807, 2.05) is 0 Å². The zero-order valence-corrected chi connectivity index (χ0v) is 54.3.